The van der Waals surface area contributed by atoms with Crippen LogP contribution in [0.3, 0.4) is 0 Å². The number of halogens is 3. The Balaban J connectivity index is 2.60. The highest BCUT2D eigenvalue weighted by Crippen LogP contribution is 2.35. The van der Waals surface area contributed by atoms with Gasteiger partial charge in [0, 0.05) is 10.0 Å². The second-order valence-electron chi connectivity index (χ2n) is 5.22. The van der Waals surface area contributed by atoms with Crippen LogP contribution in [0.1, 0.15) is 29.2 Å². The van der Waals surface area contributed by atoms with E-state index in [2.05, 4.69) is 15.9 Å². The molecule has 0 saturated heterocycles. The van der Waals surface area contributed by atoms with Crippen LogP contribution in [0, 0.1) is 19.7 Å². The van der Waals surface area contributed by atoms with E-state index in [1.807, 2.05) is 32.0 Å². The van der Waals surface area contributed by atoms with Crippen molar-refractivity contribution in [3.8, 4) is 0 Å². The maximum atomic E-state index is 14.4. The molecule has 0 amide bonds. The number of nitrogens with two attached hydrogens (primary N) is 1. The zero-order valence-corrected chi connectivity index (χ0v) is 13.9. The molecule has 1 unspecified atom stereocenters. The Kier molecular flexibility index (Phi) is 4.24. The lowest BCUT2D eigenvalue weighted by atomic mass is 9.84. The van der Waals surface area contributed by atoms with Gasteiger partial charge in [-0.15, -0.1) is 0 Å². The Labute approximate surface area is 132 Å². The van der Waals surface area contributed by atoms with Crippen LogP contribution in [0.25, 0.3) is 0 Å². The van der Waals surface area contributed by atoms with Gasteiger partial charge in [0.1, 0.15) is 5.82 Å². The normalized spacial score (nSPS) is 14.2. The lowest BCUT2D eigenvalue weighted by Crippen LogP contribution is -2.35. The van der Waals surface area contributed by atoms with Crippen LogP contribution in [-0.4, -0.2) is 0 Å². The van der Waals surface area contributed by atoms with Crippen molar-refractivity contribution in [1.29, 1.82) is 0 Å². The molecule has 106 valence electrons. The van der Waals surface area contributed by atoms with Crippen LogP contribution in [0.5, 0.6) is 0 Å². The van der Waals surface area contributed by atoms with Crippen molar-refractivity contribution >= 4 is 27.5 Å². The van der Waals surface area contributed by atoms with Gasteiger partial charge in [-0.1, -0.05) is 35.9 Å². The molecule has 0 radical (unpaired) electrons. The Morgan fingerprint density at radius 2 is 1.80 bits per heavy atom. The van der Waals surface area contributed by atoms with Gasteiger partial charge < -0.3 is 5.73 Å². The Morgan fingerprint density at radius 1 is 1.15 bits per heavy atom. The van der Waals surface area contributed by atoms with Gasteiger partial charge in [0.05, 0.1) is 10.6 Å². The lowest BCUT2D eigenvalue weighted by Gasteiger charge is -2.27. The zero-order valence-electron chi connectivity index (χ0n) is 11.6. The van der Waals surface area contributed by atoms with Crippen molar-refractivity contribution < 1.29 is 4.39 Å². The van der Waals surface area contributed by atoms with E-state index in [-0.39, 0.29) is 5.02 Å². The maximum absolute atomic E-state index is 14.4. The van der Waals surface area contributed by atoms with Gasteiger partial charge >= 0.3 is 0 Å². The van der Waals surface area contributed by atoms with Crippen LogP contribution >= 0.6 is 27.5 Å². The predicted octanol–water partition coefficient (Wildman–Crippen LogP) is 5.08. The number of benzene rings is 2. The molecule has 0 fully saturated rings. The minimum absolute atomic E-state index is 0.0583. The molecule has 1 atom stereocenters. The fourth-order valence-corrected chi connectivity index (χ4v) is 2.62. The molecule has 4 heteroatoms. The molecule has 2 aromatic rings. The summed E-state index contributed by atoms with van der Waals surface area (Å²) in [4.78, 5) is 0. The molecular weight excluding hydrogens is 341 g/mol. The quantitative estimate of drug-likeness (QED) is 0.746. The second kappa shape index (κ2) is 5.47. The third-order valence-electron chi connectivity index (χ3n) is 3.70. The summed E-state index contributed by atoms with van der Waals surface area (Å²) in [6, 6.07) is 9.30. The zero-order chi connectivity index (χ0) is 15.1. The summed E-state index contributed by atoms with van der Waals surface area (Å²) in [7, 11) is 0. The molecular formula is C16H16BrClFN. The average molecular weight is 357 g/mol. The van der Waals surface area contributed by atoms with Crippen molar-refractivity contribution in [1.82, 2.24) is 0 Å². The summed E-state index contributed by atoms with van der Waals surface area (Å²) in [6.07, 6.45) is 0. The molecule has 2 rings (SSSR count). The highest BCUT2D eigenvalue weighted by molar-refractivity contribution is 9.10. The summed E-state index contributed by atoms with van der Waals surface area (Å²) in [5.41, 5.74) is 9.00. The van der Waals surface area contributed by atoms with Gasteiger partial charge in [-0.05, 0) is 59.5 Å². The van der Waals surface area contributed by atoms with E-state index >= 15 is 0 Å². The van der Waals surface area contributed by atoms with Crippen molar-refractivity contribution in [2.45, 2.75) is 26.3 Å². The first-order chi connectivity index (χ1) is 9.25. The van der Waals surface area contributed by atoms with Crippen LogP contribution in [0.15, 0.2) is 34.8 Å². The minimum atomic E-state index is -0.938. The van der Waals surface area contributed by atoms with E-state index in [9.17, 15) is 4.39 Å². The summed E-state index contributed by atoms with van der Waals surface area (Å²) < 4.78 is 14.9. The maximum Gasteiger partial charge on any atom is 0.148 e. The molecule has 0 heterocycles. The van der Waals surface area contributed by atoms with Crippen molar-refractivity contribution in [2.24, 2.45) is 5.73 Å². The topological polar surface area (TPSA) is 26.0 Å². The molecule has 20 heavy (non-hydrogen) atoms. The monoisotopic (exact) mass is 355 g/mol. The molecule has 2 N–H and O–H groups in total. The molecule has 0 aliphatic rings. The van der Waals surface area contributed by atoms with Crippen LogP contribution in [0.2, 0.25) is 5.02 Å². The van der Waals surface area contributed by atoms with Crippen molar-refractivity contribution in [2.75, 3.05) is 0 Å². The average Bonchev–Trinajstić information content (AvgIpc) is 2.38. The van der Waals surface area contributed by atoms with Gasteiger partial charge in [-0.2, -0.15) is 0 Å². The fraction of sp³-hybridized carbons (Fsp3) is 0.250. The van der Waals surface area contributed by atoms with Crippen molar-refractivity contribution in [3.63, 3.8) is 0 Å². The van der Waals surface area contributed by atoms with E-state index in [0.29, 0.717) is 10.0 Å². The van der Waals surface area contributed by atoms with Gasteiger partial charge in [0.25, 0.3) is 0 Å². The third kappa shape index (κ3) is 2.62. The third-order valence-corrected chi connectivity index (χ3v) is 4.96. The molecule has 0 aliphatic carbocycles. The molecule has 0 aliphatic heterocycles. The van der Waals surface area contributed by atoms with E-state index < -0.39 is 11.4 Å². The van der Waals surface area contributed by atoms with Crippen LogP contribution in [0.4, 0.5) is 4.39 Å². The Bertz CT molecular complexity index is 668. The van der Waals surface area contributed by atoms with Crippen molar-refractivity contribution in [3.05, 3.63) is 67.9 Å². The fourth-order valence-electron chi connectivity index (χ4n) is 2.15. The van der Waals surface area contributed by atoms with Crippen LogP contribution < -0.4 is 5.73 Å². The minimum Gasteiger partial charge on any atom is -0.318 e. The smallest absolute Gasteiger partial charge is 0.148 e. The highest BCUT2D eigenvalue weighted by Gasteiger charge is 2.29. The molecule has 0 spiro atoms. The largest absolute Gasteiger partial charge is 0.318 e. The van der Waals surface area contributed by atoms with Gasteiger partial charge in [-0.3, -0.25) is 0 Å². The number of aryl methyl sites for hydroxylation is 2. The predicted molar refractivity (Wildman–Crippen MR) is 85.7 cm³/mol. The van der Waals surface area contributed by atoms with E-state index in [0.717, 1.165) is 11.1 Å². The molecule has 0 bridgehead atoms. The van der Waals surface area contributed by atoms with E-state index in [4.69, 9.17) is 17.3 Å². The summed E-state index contributed by atoms with van der Waals surface area (Å²) in [5.74, 6) is -0.482. The summed E-state index contributed by atoms with van der Waals surface area (Å²) in [6.45, 7) is 5.84. The second-order valence-corrected chi connectivity index (χ2v) is 6.46. The van der Waals surface area contributed by atoms with Gasteiger partial charge in [0.2, 0.25) is 0 Å². The number of hydrogen-bond donors (Lipinski definition) is 1. The Morgan fingerprint density at radius 3 is 2.40 bits per heavy atom. The van der Waals surface area contributed by atoms with E-state index in [1.54, 1.807) is 19.1 Å². The Hall–Kier alpha value is -0.900. The first kappa shape index (κ1) is 15.5. The molecule has 1 nitrogen and oxygen atoms in total. The highest BCUT2D eigenvalue weighted by atomic mass is 79.9. The molecule has 0 aromatic heterocycles. The molecule has 2 aromatic carbocycles. The summed E-state index contributed by atoms with van der Waals surface area (Å²) in [5, 5.41) is 0.0583. The molecule has 0 saturated carbocycles. The van der Waals surface area contributed by atoms with Crippen LogP contribution in [-0.2, 0) is 5.54 Å². The SMILES string of the molecule is Cc1ccc(C(C)(N)c2ccc(Br)c(Cl)c2F)cc1C. The number of rotatable bonds is 2. The number of hydrogen-bond acceptors (Lipinski definition) is 1. The first-order valence-corrected chi connectivity index (χ1v) is 7.43. The van der Waals surface area contributed by atoms with E-state index in [1.165, 1.54) is 5.56 Å². The van der Waals surface area contributed by atoms with Gasteiger partial charge in [-0.25, -0.2) is 4.39 Å². The lowest BCUT2D eigenvalue weighted by molar-refractivity contribution is 0.530. The first-order valence-electron chi connectivity index (χ1n) is 6.25. The van der Waals surface area contributed by atoms with Gasteiger partial charge in [0.15, 0.2) is 0 Å². The summed E-state index contributed by atoms with van der Waals surface area (Å²) >= 11 is 9.17. The standard InChI is InChI=1S/C16H16BrClFN/c1-9-4-5-11(8-10(9)2)16(3,20)12-6-7-13(17)14(18)15(12)19/h4-8H,20H2,1-3H3.